The van der Waals surface area contributed by atoms with Crippen molar-refractivity contribution in [2.24, 2.45) is 5.73 Å². The third kappa shape index (κ3) is 2.60. The van der Waals surface area contributed by atoms with E-state index in [0.29, 0.717) is 0 Å². The van der Waals surface area contributed by atoms with Crippen molar-refractivity contribution < 1.29 is 4.79 Å². The second kappa shape index (κ2) is 5.18. The van der Waals surface area contributed by atoms with Crippen LogP contribution in [0.4, 0.5) is 16.2 Å². The normalized spacial score (nSPS) is 10.8. The lowest BCUT2D eigenvalue weighted by Gasteiger charge is -2.21. The maximum absolute atomic E-state index is 11.9. The molecule has 3 aromatic rings. The summed E-state index contributed by atoms with van der Waals surface area (Å²) in [4.78, 5) is 17.9. The lowest BCUT2D eigenvalue weighted by Crippen LogP contribution is -2.31. The largest absolute Gasteiger partial charge is 0.351 e. The zero-order chi connectivity index (χ0) is 15.0. The van der Waals surface area contributed by atoms with Crippen LogP contribution in [0.25, 0.3) is 10.2 Å². The summed E-state index contributed by atoms with van der Waals surface area (Å²) >= 11 is 1.63. The van der Waals surface area contributed by atoms with E-state index in [1.807, 2.05) is 56.3 Å². The van der Waals surface area contributed by atoms with Crippen molar-refractivity contribution in [2.45, 2.75) is 13.8 Å². The highest BCUT2D eigenvalue weighted by Gasteiger charge is 2.16. The number of thiazole rings is 1. The Morgan fingerprint density at radius 1 is 1.14 bits per heavy atom. The standard InChI is InChI=1S/C16H15N3OS/c1-10-4-3-5-12(8-10)19(16(17)20)13-6-7-15-14(9-13)18-11(2)21-15/h3-9H,1-2H3,(H2,17,20). The Morgan fingerprint density at radius 2 is 1.90 bits per heavy atom. The van der Waals surface area contributed by atoms with Crippen molar-refractivity contribution in [2.75, 3.05) is 4.90 Å². The number of urea groups is 1. The molecule has 0 saturated heterocycles. The first kappa shape index (κ1) is 13.6. The van der Waals surface area contributed by atoms with Crippen molar-refractivity contribution in [3.05, 3.63) is 53.0 Å². The third-order valence-electron chi connectivity index (χ3n) is 3.22. The number of anilines is 2. The number of hydrogen-bond donors (Lipinski definition) is 1. The van der Waals surface area contributed by atoms with E-state index in [2.05, 4.69) is 4.98 Å². The van der Waals surface area contributed by atoms with E-state index < -0.39 is 6.03 Å². The summed E-state index contributed by atoms with van der Waals surface area (Å²) in [5.74, 6) is 0. The summed E-state index contributed by atoms with van der Waals surface area (Å²) in [6, 6.07) is 12.9. The van der Waals surface area contributed by atoms with Gasteiger partial charge < -0.3 is 5.73 Å². The van der Waals surface area contributed by atoms with Gasteiger partial charge in [0.15, 0.2) is 0 Å². The Labute approximate surface area is 126 Å². The number of benzene rings is 2. The van der Waals surface area contributed by atoms with Crippen LogP contribution in [0.5, 0.6) is 0 Å². The SMILES string of the molecule is Cc1cccc(N(C(N)=O)c2ccc3sc(C)nc3c2)c1. The highest BCUT2D eigenvalue weighted by Crippen LogP contribution is 2.30. The first-order valence-electron chi connectivity index (χ1n) is 6.58. The highest BCUT2D eigenvalue weighted by molar-refractivity contribution is 7.18. The molecule has 0 fully saturated rings. The molecule has 106 valence electrons. The monoisotopic (exact) mass is 297 g/mol. The quantitative estimate of drug-likeness (QED) is 0.773. The van der Waals surface area contributed by atoms with Crippen LogP contribution in [0.3, 0.4) is 0 Å². The molecule has 2 amide bonds. The summed E-state index contributed by atoms with van der Waals surface area (Å²) in [5.41, 5.74) is 9.01. The molecule has 0 atom stereocenters. The number of aryl methyl sites for hydroxylation is 2. The Hall–Kier alpha value is -2.40. The van der Waals surface area contributed by atoms with Gasteiger partial charge in [0, 0.05) is 0 Å². The molecule has 0 aliphatic rings. The average molecular weight is 297 g/mol. The van der Waals surface area contributed by atoms with E-state index in [4.69, 9.17) is 5.73 Å². The molecular weight excluding hydrogens is 282 g/mol. The number of nitrogens with two attached hydrogens (primary N) is 1. The van der Waals surface area contributed by atoms with E-state index in [9.17, 15) is 4.79 Å². The predicted molar refractivity (Wildman–Crippen MR) is 87.3 cm³/mol. The van der Waals surface area contributed by atoms with Crippen molar-refractivity contribution in [3.8, 4) is 0 Å². The summed E-state index contributed by atoms with van der Waals surface area (Å²) < 4.78 is 1.10. The molecule has 21 heavy (non-hydrogen) atoms. The van der Waals surface area contributed by atoms with E-state index in [-0.39, 0.29) is 0 Å². The van der Waals surface area contributed by atoms with Crippen LogP contribution in [0.1, 0.15) is 10.6 Å². The maximum atomic E-state index is 11.9. The topological polar surface area (TPSA) is 59.2 Å². The van der Waals surface area contributed by atoms with Crippen molar-refractivity contribution in [3.63, 3.8) is 0 Å². The van der Waals surface area contributed by atoms with Crippen molar-refractivity contribution >= 4 is 39.0 Å². The van der Waals surface area contributed by atoms with E-state index in [0.717, 1.165) is 32.2 Å². The molecule has 0 bridgehead atoms. The molecule has 2 aromatic carbocycles. The van der Waals surface area contributed by atoms with E-state index >= 15 is 0 Å². The number of fused-ring (bicyclic) bond motifs is 1. The first-order chi connectivity index (χ1) is 10.0. The van der Waals surface area contributed by atoms with Crippen LogP contribution in [-0.2, 0) is 0 Å². The van der Waals surface area contributed by atoms with Gasteiger partial charge in [-0.05, 0) is 49.7 Å². The smallest absolute Gasteiger partial charge is 0.323 e. The predicted octanol–water partition coefficient (Wildman–Crippen LogP) is 4.13. The summed E-state index contributed by atoms with van der Waals surface area (Å²) in [7, 11) is 0. The number of rotatable bonds is 2. The molecule has 5 heteroatoms. The summed E-state index contributed by atoms with van der Waals surface area (Å²) in [6.45, 7) is 3.95. The highest BCUT2D eigenvalue weighted by atomic mass is 32.1. The van der Waals surface area contributed by atoms with Crippen molar-refractivity contribution in [1.82, 2.24) is 4.98 Å². The molecule has 2 N–H and O–H groups in total. The Bertz CT molecular complexity index is 825. The lowest BCUT2D eigenvalue weighted by atomic mass is 10.2. The fraction of sp³-hybridized carbons (Fsp3) is 0.125. The number of carbonyl (C=O) groups is 1. The number of amides is 2. The summed E-state index contributed by atoms with van der Waals surface area (Å²) in [6.07, 6.45) is 0. The lowest BCUT2D eigenvalue weighted by molar-refractivity contribution is 0.256. The van der Waals surface area contributed by atoms with Crippen LogP contribution in [0.15, 0.2) is 42.5 Å². The number of aromatic nitrogens is 1. The molecular formula is C16H15N3OS. The Balaban J connectivity index is 2.12. The third-order valence-corrected chi connectivity index (χ3v) is 4.17. The molecule has 1 aromatic heterocycles. The van der Waals surface area contributed by atoms with Crippen LogP contribution in [0, 0.1) is 13.8 Å². The molecule has 0 radical (unpaired) electrons. The number of carbonyl (C=O) groups excluding carboxylic acids is 1. The minimum absolute atomic E-state index is 0.507. The number of primary amides is 1. The molecule has 0 aliphatic carbocycles. The molecule has 4 nitrogen and oxygen atoms in total. The van der Waals surface area contributed by atoms with Gasteiger partial charge in [-0.25, -0.2) is 9.78 Å². The van der Waals surface area contributed by atoms with Crippen LogP contribution >= 0.6 is 11.3 Å². The zero-order valence-corrected chi connectivity index (χ0v) is 12.6. The molecule has 0 saturated carbocycles. The molecule has 0 unspecified atom stereocenters. The molecule has 0 aliphatic heterocycles. The Morgan fingerprint density at radius 3 is 2.62 bits per heavy atom. The molecule has 0 spiro atoms. The second-order valence-electron chi connectivity index (χ2n) is 4.90. The zero-order valence-electron chi connectivity index (χ0n) is 11.8. The molecule has 3 rings (SSSR count). The van der Waals surface area contributed by atoms with Gasteiger partial charge in [-0.3, -0.25) is 4.90 Å². The first-order valence-corrected chi connectivity index (χ1v) is 7.39. The van der Waals surface area contributed by atoms with Gasteiger partial charge >= 0.3 is 6.03 Å². The minimum atomic E-state index is -0.507. The van der Waals surface area contributed by atoms with Gasteiger partial charge in [0.2, 0.25) is 0 Å². The number of hydrogen-bond acceptors (Lipinski definition) is 3. The summed E-state index contributed by atoms with van der Waals surface area (Å²) in [5, 5.41) is 1.00. The van der Waals surface area contributed by atoms with Gasteiger partial charge in [0.25, 0.3) is 0 Å². The van der Waals surface area contributed by atoms with E-state index in [1.165, 1.54) is 4.90 Å². The second-order valence-corrected chi connectivity index (χ2v) is 6.13. The van der Waals surface area contributed by atoms with E-state index in [1.54, 1.807) is 11.3 Å². The van der Waals surface area contributed by atoms with Gasteiger partial charge in [-0.2, -0.15) is 0 Å². The molecule has 1 heterocycles. The van der Waals surface area contributed by atoms with Gasteiger partial charge in [0.1, 0.15) is 0 Å². The van der Waals surface area contributed by atoms with Gasteiger partial charge in [0.05, 0.1) is 26.6 Å². The van der Waals surface area contributed by atoms with Crippen LogP contribution in [0.2, 0.25) is 0 Å². The Kier molecular flexibility index (Phi) is 3.35. The minimum Gasteiger partial charge on any atom is -0.351 e. The number of nitrogens with zero attached hydrogens (tertiary/aromatic N) is 2. The van der Waals surface area contributed by atoms with Crippen LogP contribution < -0.4 is 10.6 Å². The van der Waals surface area contributed by atoms with Crippen molar-refractivity contribution in [1.29, 1.82) is 0 Å². The van der Waals surface area contributed by atoms with Gasteiger partial charge in [-0.1, -0.05) is 12.1 Å². The fourth-order valence-corrected chi connectivity index (χ4v) is 3.15. The fourth-order valence-electron chi connectivity index (χ4n) is 2.34. The average Bonchev–Trinajstić information content (AvgIpc) is 2.78. The van der Waals surface area contributed by atoms with Crippen LogP contribution in [-0.4, -0.2) is 11.0 Å². The maximum Gasteiger partial charge on any atom is 0.323 e. The van der Waals surface area contributed by atoms with Gasteiger partial charge in [-0.15, -0.1) is 11.3 Å².